The monoisotopic (exact) mass is 289 g/mol. The van der Waals surface area contributed by atoms with Gasteiger partial charge in [0.25, 0.3) is 0 Å². The van der Waals surface area contributed by atoms with Gasteiger partial charge in [-0.25, -0.2) is 0 Å². The number of nitrogens with zero attached hydrogens (tertiary/aromatic N) is 2. The van der Waals surface area contributed by atoms with Crippen LogP contribution in [0, 0.1) is 0 Å². The van der Waals surface area contributed by atoms with Gasteiger partial charge < -0.3 is 10.4 Å². The highest BCUT2D eigenvalue weighted by Gasteiger charge is 2.22. The van der Waals surface area contributed by atoms with Gasteiger partial charge in [0, 0.05) is 17.3 Å². The molecule has 4 nitrogen and oxygen atoms in total. The summed E-state index contributed by atoms with van der Waals surface area (Å²) in [7, 11) is 0. The van der Waals surface area contributed by atoms with Gasteiger partial charge in [-0.05, 0) is 19.8 Å². The van der Waals surface area contributed by atoms with E-state index in [1.165, 1.54) is 0 Å². The first-order valence-corrected chi connectivity index (χ1v) is 8.20. The second-order valence-corrected chi connectivity index (χ2v) is 7.20. The molecule has 0 aliphatic carbocycles. The lowest BCUT2D eigenvalue weighted by molar-refractivity contribution is 0.154. The Morgan fingerprint density at radius 2 is 2.28 bits per heavy atom. The Balaban J connectivity index is 2.15. The molecule has 1 rings (SSSR count). The summed E-state index contributed by atoms with van der Waals surface area (Å²) in [5, 5.41) is 20.7. The molecule has 0 aliphatic heterocycles. The molecule has 1 aromatic rings. The molecule has 0 aliphatic rings. The quantitative estimate of drug-likeness (QED) is 0.540. The average Bonchev–Trinajstić information content (AvgIpc) is 2.80. The molecule has 0 spiro atoms. The van der Waals surface area contributed by atoms with Gasteiger partial charge in [-0.2, -0.15) is 0 Å². The molecular weight excluding hydrogens is 266 g/mol. The third kappa shape index (κ3) is 6.13. The third-order valence-electron chi connectivity index (χ3n) is 2.67. The van der Waals surface area contributed by atoms with Gasteiger partial charge >= 0.3 is 0 Å². The van der Waals surface area contributed by atoms with Gasteiger partial charge in [0.2, 0.25) is 0 Å². The van der Waals surface area contributed by atoms with E-state index in [4.69, 9.17) is 0 Å². The first kappa shape index (κ1) is 15.9. The normalized spacial score (nSPS) is 14.9. The van der Waals surface area contributed by atoms with E-state index in [9.17, 15) is 5.11 Å². The van der Waals surface area contributed by atoms with Crippen molar-refractivity contribution in [1.82, 2.24) is 15.5 Å². The maximum Gasteiger partial charge on any atom is 0.174 e. The maximum atomic E-state index is 9.46. The van der Waals surface area contributed by atoms with Crippen molar-refractivity contribution in [2.24, 2.45) is 0 Å². The second kappa shape index (κ2) is 8.09. The lowest BCUT2D eigenvalue weighted by Gasteiger charge is -2.31. The Morgan fingerprint density at radius 1 is 1.50 bits per heavy atom. The van der Waals surface area contributed by atoms with Crippen LogP contribution in [-0.4, -0.2) is 39.2 Å². The highest BCUT2D eigenvalue weighted by Crippen LogP contribution is 2.22. The largest absolute Gasteiger partial charge is 0.394 e. The number of aliphatic hydroxyl groups is 1. The minimum Gasteiger partial charge on any atom is -0.394 e. The minimum atomic E-state index is -0.151. The van der Waals surface area contributed by atoms with E-state index in [0.717, 1.165) is 29.4 Å². The predicted molar refractivity (Wildman–Crippen MR) is 78.2 cm³/mol. The van der Waals surface area contributed by atoms with Crippen LogP contribution in [0.25, 0.3) is 0 Å². The summed E-state index contributed by atoms with van der Waals surface area (Å²) < 4.78 is 1.04. The van der Waals surface area contributed by atoms with Crippen molar-refractivity contribution in [3.63, 3.8) is 0 Å². The van der Waals surface area contributed by atoms with E-state index in [0.29, 0.717) is 6.04 Å². The highest BCUT2D eigenvalue weighted by atomic mass is 32.2. The average molecular weight is 289 g/mol. The lowest BCUT2D eigenvalue weighted by atomic mass is 9.95. The molecule has 1 unspecified atom stereocenters. The Hall–Kier alpha value is -0.170. The zero-order valence-electron chi connectivity index (χ0n) is 11.3. The van der Waals surface area contributed by atoms with Crippen LogP contribution >= 0.6 is 23.1 Å². The molecule has 1 aromatic heterocycles. The fraction of sp³-hybridized carbons (Fsp3) is 0.833. The molecule has 0 fully saturated rings. The van der Waals surface area contributed by atoms with Crippen LogP contribution in [0.15, 0.2) is 9.85 Å². The van der Waals surface area contributed by atoms with E-state index in [2.05, 4.69) is 36.3 Å². The van der Waals surface area contributed by atoms with Crippen LogP contribution in [0.5, 0.6) is 0 Å². The summed E-state index contributed by atoms with van der Waals surface area (Å²) >= 11 is 3.35. The van der Waals surface area contributed by atoms with Gasteiger partial charge in [-0.1, -0.05) is 43.4 Å². The van der Waals surface area contributed by atoms with Crippen molar-refractivity contribution in [1.29, 1.82) is 0 Å². The van der Waals surface area contributed by atoms with Crippen molar-refractivity contribution >= 4 is 23.1 Å². The number of nitrogens with one attached hydrogen (secondary N) is 1. The van der Waals surface area contributed by atoms with Crippen LogP contribution in [0.4, 0.5) is 0 Å². The summed E-state index contributed by atoms with van der Waals surface area (Å²) in [6.07, 6.45) is 3.25. The van der Waals surface area contributed by atoms with Crippen molar-refractivity contribution in [2.45, 2.75) is 56.0 Å². The van der Waals surface area contributed by atoms with Gasteiger partial charge in [-0.3, -0.25) is 0 Å². The number of aromatic nitrogens is 2. The first-order valence-electron chi connectivity index (χ1n) is 6.33. The zero-order chi connectivity index (χ0) is 13.4. The molecule has 18 heavy (non-hydrogen) atoms. The SMILES string of the molecule is CC(C)NC(C)(CO)CCCCSc1nncs1. The topological polar surface area (TPSA) is 58.0 Å². The molecule has 104 valence electrons. The smallest absolute Gasteiger partial charge is 0.174 e. The van der Waals surface area contributed by atoms with Crippen LogP contribution < -0.4 is 5.32 Å². The fourth-order valence-corrected chi connectivity index (χ4v) is 3.45. The molecule has 2 N–H and O–H groups in total. The Bertz CT molecular complexity index is 319. The van der Waals surface area contributed by atoms with Gasteiger partial charge in [0.05, 0.1) is 6.61 Å². The van der Waals surface area contributed by atoms with Crippen LogP contribution in [-0.2, 0) is 0 Å². The zero-order valence-corrected chi connectivity index (χ0v) is 13.0. The van der Waals surface area contributed by atoms with Crippen molar-refractivity contribution in [3.8, 4) is 0 Å². The molecule has 0 radical (unpaired) electrons. The number of hydrogen-bond donors (Lipinski definition) is 2. The van der Waals surface area contributed by atoms with Gasteiger partial charge in [-0.15, -0.1) is 10.2 Å². The van der Waals surface area contributed by atoms with Crippen LogP contribution in [0.3, 0.4) is 0 Å². The van der Waals surface area contributed by atoms with Crippen LogP contribution in [0.1, 0.15) is 40.0 Å². The Labute approximate surface area is 118 Å². The molecule has 1 atom stereocenters. The minimum absolute atomic E-state index is 0.151. The van der Waals surface area contributed by atoms with Gasteiger partial charge in [0.1, 0.15) is 5.51 Å². The molecule has 6 heteroatoms. The Kier molecular flexibility index (Phi) is 7.14. The van der Waals surface area contributed by atoms with E-state index < -0.39 is 0 Å². The number of rotatable bonds is 9. The number of aliphatic hydroxyl groups excluding tert-OH is 1. The van der Waals surface area contributed by atoms with Crippen molar-refractivity contribution in [2.75, 3.05) is 12.4 Å². The first-order chi connectivity index (χ1) is 8.56. The van der Waals surface area contributed by atoms with Gasteiger partial charge in [0.15, 0.2) is 4.34 Å². The molecule has 1 heterocycles. The molecular formula is C12H23N3OS2. The fourth-order valence-electron chi connectivity index (χ4n) is 1.90. The third-order valence-corrected chi connectivity index (χ3v) is 4.62. The summed E-state index contributed by atoms with van der Waals surface area (Å²) in [6, 6.07) is 0.401. The van der Waals surface area contributed by atoms with E-state index in [1.54, 1.807) is 28.6 Å². The molecule has 0 bridgehead atoms. The molecule has 0 saturated heterocycles. The summed E-state index contributed by atoms with van der Waals surface area (Å²) in [5.41, 5.74) is 1.61. The van der Waals surface area contributed by atoms with Crippen LogP contribution in [0.2, 0.25) is 0 Å². The van der Waals surface area contributed by atoms with Crippen molar-refractivity contribution < 1.29 is 5.11 Å². The summed E-state index contributed by atoms with van der Waals surface area (Å²) in [6.45, 7) is 6.50. The summed E-state index contributed by atoms with van der Waals surface area (Å²) in [4.78, 5) is 0. The predicted octanol–water partition coefficient (Wildman–Crippen LogP) is 2.55. The summed E-state index contributed by atoms with van der Waals surface area (Å²) in [5.74, 6) is 1.07. The molecule has 0 saturated carbocycles. The van der Waals surface area contributed by atoms with E-state index in [1.807, 2.05) is 0 Å². The van der Waals surface area contributed by atoms with E-state index in [-0.39, 0.29) is 12.1 Å². The molecule has 0 aromatic carbocycles. The number of thioether (sulfide) groups is 1. The second-order valence-electron chi connectivity index (χ2n) is 5.03. The highest BCUT2D eigenvalue weighted by molar-refractivity contribution is 8.00. The lowest BCUT2D eigenvalue weighted by Crippen LogP contribution is -2.49. The number of unbranched alkanes of at least 4 members (excludes halogenated alkanes) is 1. The number of hydrogen-bond acceptors (Lipinski definition) is 6. The van der Waals surface area contributed by atoms with E-state index >= 15 is 0 Å². The van der Waals surface area contributed by atoms with Crippen molar-refractivity contribution in [3.05, 3.63) is 5.51 Å². The molecule has 0 amide bonds. The Morgan fingerprint density at radius 3 is 2.83 bits per heavy atom. The maximum absolute atomic E-state index is 9.46. The standard InChI is InChI=1S/C12H23N3OS2/c1-10(2)14-12(3,8-16)6-4-5-7-17-11-15-13-9-18-11/h9-10,14,16H,4-8H2,1-3H3.